The highest BCUT2D eigenvalue weighted by Gasteiger charge is 2.26. The number of hydrogen-bond acceptors (Lipinski definition) is 2. The third-order valence-electron chi connectivity index (χ3n) is 3.95. The first-order chi connectivity index (χ1) is 8.36. The lowest BCUT2D eigenvalue weighted by Crippen LogP contribution is -2.28. The van der Waals surface area contributed by atoms with Crippen LogP contribution < -0.4 is 5.32 Å². The number of hydrogen-bond donors (Lipinski definition) is 1. The molecule has 2 heteroatoms. The normalized spacial score (nSPS) is 18.5. The van der Waals surface area contributed by atoms with Gasteiger partial charge in [0.25, 0.3) is 0 Å². The highest BCUT2D eigenvalue weighted by atomic mass is 14.9. The molecule has 1 unspecified atom stereocenters. The van der Waals surface area contributed by atoms with Crippen LogP contribution in [0.5, 0.6) is 0 Å². The van der Waals surface area contributed by atoms with Gasteiger partial charge >= 0.3 is 0 Å². The Balaban J connectivity index is 2.24. The van der Waals surface area contributed by atoms with Crippen molar-refractivity contribution >= 4 is 0 Å². The second kappa shape index (κ2) is 6.15. The lowest BCUT2D eigenvalue weighted by Gasteiger charge is -2.26. The van der Waals surface area contributed by atoms with Crippen molar-refractivity contribution in [3.05, 3.63) is 29.6 Å². The van der Waals surface area contributed by atoms with E-state index in [2.05, 4.69) is 30.2 Å². The van der Waals surface area contributed by atoms with Gasteiger partial charge in [-0.3, -0.25) is 4.98 Å². The summed E-state index contributed by atoms with van der Waals surface area (Å²) in [6.45, 7) is 5.47. The van der Waals surface area contributed by atoms with Gasteiger partial charge in [0.05, 0.1) is 0 Å². The Labute approximate surface area is 105 Å². The van der Waals surface area contributed by atoms with Gasteiger partial charge in [0.15, 0.2) is 0 Å². The fourth-order valence-corrected chi connectivity index (χ4v) is 3.08. The van der Waals surface area contributed by atoms with E-state index in [0.29, 0.717) is 6.04 Å². The van der Waals surface area contributed by atoms with E-state index in [4.69, 9.17) is 0 Å². The van der Waals surface area contributed by atoms with Crippen molar-refractivity contribution in [2.45, 2.75) is 52.0 Å². The zero-order valence-corrected chi connectivity index (χ0v) is 11.1. The maximum atomic E-state index is 4.26. The lowest BCUT2D eigenvalue weighted by atomic mass is 9.89. The molecule has 0 amide bonds. The summed E-state index contributed by atoms with van der Waals surface area (Å²) < 4.78 is 0. The van der Waals surface area contributed by atoms with Crippen LogP contribution in [0.15, 0.2) is 18.5 Å². The van der Waals surface area contributed by atoms with Crippen molar-refractivity contribution in [2.75, 3.05) is 6.54 Å². The maximum absolute atomic E-state index is 4.26. The first-order valence-electron chi connectivity index (χ1n) is 7.03. The Bertz CT molecular complexity index is 343. The lowest BCUT2D eigenvalue weighted by molar-refractivity contribution is 0.372. The largest absolute Gasteiger partial charge is 0.310 e. The zero-order chi connectivity index (χ0) is 12.1. The molecule has 0 bridgehead atoms. The monoisotopic (exact) mass is 232 g/mol. The van der Waals surface area contributed by atoms with E-state index in [1.54, 1.807) is 0 Å². The van der Waals surface area contributed by atoms with Gasteiger partial charge in [0, 0.05) is 18.4 Å². The average Bonchev–Trinajstić information content (AvgIpc) is 2.89. The Kier molecular flexibility index (Phi) is 4.55. The summed E-state index contributed by atoms with van der Waals surface area (Å²) in [6.07, 6.45) is 10.6. The molecule has 1 N–H and O–H groups in total. The number of nitrogens with zero attached hydrogens (tertiary/aromatic N) is 1. The van der Waals surface area contributed by atoms with Gasteiger partial charge in [-0.15, -0.1) is 0 Å². The molecule has 0 saturated heterocycles. The smallest absolute Gasteiger partial charge is 0.0352 e. The van der Waals surface area contributed by atoms with Crippen molar-refractivity contribution in [3.63, 3.8) is 0 Å². The highest BCUT2D eigenvalue weighted by molar-refractivity contribution is 5.27. The van der Waals surface area contributed by atoms with Crippen LogP contribution in [0, 0.1) is 5.92 Å². The van der Waals surface area contributed by atoms with Crippen molar-refractivity contribution in [3.8, 4) is 0 Å². The minimum atomic E-state index is 0.542. The molecule has 1 aliphatic rings. The van der Waals surface area contributed by atoms with Gasteiger partial charge in [0.1, 0.15) is 0 Å². The minimum absolute atomic E-state index is 0.542. The van der Waals surface area contributed by atoms with Gasteiger partial charge in [-0.05, 0) is 48.9 Å². The van der Waals surface area contributed by atoms with Crippen LogP contribution in [0.2, 0.25) is 0 Å². The van der Waals surface area contributed by atoms with E-state index in [0.717, 1.165) is 18.9 Å². The molecule has 1 fully saturated rings. The Morgan fingerprint density at radius 3 is 2.76 bits per heavy atom. The van der Waals surface area contributed by atoms with Gasteiger partial charge < -0.3 is 5.32 Å². The van der Waals surface area contributed by atoms with Crippen molar-refractivity contribution in [1.82, 2.24) is 10.3 Å². The second-order valence-electron chi connectivity index (χ2n) is 5.01. The standard InChI is InChI=1S/C15H24N2/c1-3-12-11-16-10-9-14(12)15(17-4-2)13-7-5-6-8-13/h9-11,13,15,17H,3-8H2,1-2H3. The van der Waals surface area contributed by atoms with Crippen LogP contribution in [-0.4, -0.2) is 11.5 Å². The fourth-order valence-electron chi connectivity index (χ4n) is 3.08. The molecule has 94 valence electrons. The number of rotatable bonds is 5. The van der Waals surface area contributed by atoms with Crippen LogP contribution >= 0.6 is 0 Å². The first kappa shape index (κ1) is 12.6. The summed E-state index contributed by atoms with van der Waals surface area (Å²) in [5.74, 6) is 0.822. The Morgan fingerprint density at radius 1 is 1.35 bits per heavy atom. The van der Waals surface area contributed by atoms with Crippen LogP contribution in [0.4, 0.5) is 0 Å². The van der Waals surface area contributed by atoms with E-state index in [1.807, 2.05) is 12.4 Å². The number of aryl methyl sites for hydroxylation is 1. The molecule has 1 aromatic rings. The highest BCUT2D eigenvalue weighted by Crippen LogP contribution is 2.36. The van der Waals surface area contributed by atoms with Gasteiger partial charge in [-0.25, -0.2) is 0 Å². The molecule has 0 radical (unpaired) electrons. The molecule has 1 heterocycles. The molecule has 17 heavy (non-hydrogen) atoms. The molecule has 0 aliphatic heterocycles. The number of nitrogens with one attached hydrogen (secondary N) is 1. The van der Waals surface area contributed by atoms with Gasteiger partial charge in [0.2, 0.25) is 0 Å². The molecule has 1 atom stereocenters. The molecule has 2 nitrogen and oxygen atoms in total. The summed E-state index contributed by atoms with van der Waals surface area (Å²) in [6, 6.07) is 2.75. The molecule has 0 spiro atoms. The number of pyridine rings is 1. The average molecular weight is 232 g/mol. The van der Waals surface area contributed by atoms with Crippen LogP contribution in [-0.2, 0) is 6.42 Å². The SMILES string of the molecule is CCNC(c1ccncc1CC)C1CCCC1. The Morgan fingerprint density at radius 2 is 2.12 bits per heavy atom. The van der Waals surface area contributed by atoms with Crippen molar-refractivity contribution in [2.24, 2.45) is 5.92 Å². The van der Waals surface area contributed by atoms with Crippen LogP contribution in [0.25, 0.3) is 0 Å². The third-order valence-corrected chi connectivity index (χ3v) is 3.95. The van der Waals surface area contributed by atoms with Crippen molar-refractivity contribution in [1.29, 1.82) is 0 Å². The Hall–Kier alpha value is -0.890. The second-order valence-corrected chi connectivity index (χ2v) is 5.01. The quantitative estimate of drug-likeness (QED) is 0.840. The molecular formula is C15H24N2. The topological polar surface area (TPSA) is 24.9 Å². The van der Waals surface area contributed by atoms with Gasteiger partial charge in [-0.1, -0.05) is 26.7 Å². The van der Waals surface area contributed by atoms with E-state index < -0.39 is 0 Å². The molecule has 1 aliphatic carbocycles. The summed E-state index contributed by atoms with van der Waals surface area (Å²) in [7, 11) is 0. The molecule has 1 aromatic heterocycles. The van der Waals surface area contributed by atoms with E-state index in [-0.39, 0.29) is 0 Å². The van der Waals surface area contributed by atoms with E-state index in [1.165, 1.54) is 36.8 Å². The summed E-state index contributed by atoms with van der Waals surface area (Å²) >= 11 is 0. The fraction of sp³-hybridized carbons (Fsp3) is 0.667. The predicted molar refractivity (Wildman–Crippen MR) is 72.0 cm³/mol. The van der Waals surface area contributed by atoms with Gasteiger partial charge in [-0.2, -0.15) is 0 Å². The maximum Gasteiger partial charge on any atom is 0.0352 e. The summed E-state index contributed by atoms with van der Waals surface area (Å²) in [5.41, 5.74) is 2.89. The van der Waals surface area contributed by atoms with Crippen LogP contribution in [0.3, 0.4) is 0 Å². The van der Waals surface area contributed by atoms with E-state index >= 15 is 0 Å². The molecule has 0 aromatic carbocycles. The van der Waals surface area contributed by atoms with E-state index in [9.17, 15) is 0 Å². The predicted octanol–water partition coefficient (Wildman–Crippen LogP) is 3.48. The third kappa shape index (κ3) is 2.86. The van der Waals surface area contributed by atoms with Crippen LogP contribution in [0.1, 0.15) is 56.7 Å². The minimum Gasteiger partial charge on any atom is -0.310 e. The summed E-state index contributed by atoms with van der Waals surface area (Å²) in [4.78, 5) is 4.26. The molecule has 1 saturated carbocycles. The number of aromatic nitrogens is 1. The summed E-state index contributed by atoms with van der Waals surface area (Å²) in [5, 5.41) is 3.69. The zero-order valence-electron chi connectivity index (χ0n) is 11.1. The molecule has 2 rings (SSSR count). The molecular weight excluding hydrogens is 208 g/mol. The van der Waals surface area contributed by atoms with Crippen molar-refractivity contribution < 1.29 is 0 Å². The first-order valence-corrected chi connectivity index (χ1v) is 7.03.